The molecular formula is C28H30N2O4S. The number of rotatable bonds is 10. The summed E-state index contributed by atoms with van der Waals surface area (Å²) in [6, 6.07) is 17.8. The summed E-state index contributed by atoms with van der Waals surface area (Å²) in [5.41, 5.74) is 4.86. The molecule has 4 rings (SSSR count). The number of aryl methyl sites for hydroxylation is 1. The molecule has 0 saturated carbocycles. The van der Waals surface area contributed by atoms with Gasteiger partial charge in [-0.3, -0.25) is 4.79 Å². The monoisotopic (exact) mass is 490 g/mol. The van der Waals surface area contributed by atoms with Crippen LogP contribution in [0.2, 0.25) is 0 Å². The van der Waals surface area contributed by atoms with E-state index in [1.165, 1.54) is 0 Å². The fourth-order valence-corrected chi connectivity index (χ4v) is 5.19. The van der Waals surface area contributed by atoms with Crippen LogP contribution in [-0.4, -0.2) is 34.8 Å². The minimum Gasteiger partial charge on any atom is -0.497 e. The minimum absolute atomic E-state index is 0.105. The molecule has 0 aliphatic heterocycles. The second kappa shape index (κ2) is 10.8. The largest absolute Gasteiger partial charge is 0.497 e. The highest BCUT2D eigenvalue weighted by atomic mass is 32.1. The van der Waals surface area contributed by atoms with E-state index in [4.69, 9.17) is 14.5 Å². The van der Waals surface area contributed by atoms with Gasteiger partial charge >= 0.3 is 5.97 Å². The zero-order valence-corrected chi connectivity index (χ0v) is 21.3. The van der Waals surface area contributed by atoms with Crippen LogP contribution < -0.4 is 9.47 Å². The molecule has 2 heterocycles. The molecule has 0 bridgehead atoms. The molecule has 0 unspecified atom stereocenters. The second-order valence-electron chi connectivity index (χ2n) is 8.80. The summed E-state index contributed by atoms with van der Waals surface area (Å²) in [7, 11) is 3.30. The number of hydrogen-bond donors (Lipinski definition) is 1. The highest BCUT2D eigenvalue weighted by Crippen LogP contribution is 2.42. The average Bonchev–Trinajstić information content (AvgIpc) is 3.46. The van der Waals surface area contributed by atoms with Crippen molar-refractivity contribution >= 4 is 17.3 Å². The first-order chi connectivity index (χ1) is 16.9. The Kier molecular flexibility index (Phi) is 7.56. The van der Waals surface area contributed by atoms with E-state index in [1.807, 2.05) is 60.8 Å². The van der Waals surface area contributed by atoms with E-state index in [0.29, 0.717) is 5.92 Å². The van der Waals surface area contributed by atoms with Crippen molar-refractivity contribution in [1.29, 1.82) is 0 Å². The molecule has 0 radical (unpaired) electrons. The van der Waals surface area contributed by atoms with E-state index in [-0.39, 0.29) is 6.54 Å². The van der Waals surface area contributed by atoms with Crippen LogP contribution in [0.25, 0.3) is 32.4 Å². The predicted octanol–water partition coefficient (Wildman–Crippen LogP) is 6.64. The van der Waals surface area contributed by atoms with Gasteiger partial charge in [0, 0.05) is 11.8 Å². The first-order valence-corrected chi connectivity index (χ1v) is 12.4. The van der Waals surface area contributed by atoms with Crippen LogP contribution in [0.5, 0.6) is 11.5 Å². The molecule has 182 valence electrons. The molecule has 1 N–H and O–H groups in total. The molecule has 0 aliphatic carbocycles. The molecule has 4 aromatic rings. The molecule has 2 aromatic heterocycles. The maximum absolute atomic E-state index is 11.6. The Morgan fingerprint density at radius 3 is 2.11 bits per heavy atom. The van der Waals surface area contributed by atoms with Crippen LogP contribution >= 0.6 is 11.3 Å². The zero-order valence-electron chi connectivity index (χ0n) is 20.4. The van der Waals surface area contributed by atoms with E-state index < -0.39 is 5.97 Å². The van der Waals surface area contributed by atoms with Crippen LogP contribution in [0.15, 0.2) is 60.8 Å². The summed E-state index contributed by atoms with van der Waals surface area (Å²) >= 11 is 1.58. The van der Waals surface area contributed by atoms with Crippen molar-refractivity contribution < 1.29 is 19.4 Å². The maximum atomic E-state index is 11.6. The van der Waals surface area contributed by atoms with Crippen LogP contribution in [0.3, 0.4) is 0 Å². The molecule has 0 amide bonds. The second-order valence-corrected chi connectivity index (χ2v) is 9.80. The third-order valence-corrected chi connectivity index (χ3v) is 7.00. The lowest BCUT2D eigenvalue weighted by molar-refractivity contribution is -0.137. The Morgan fingerprint density at radius 1 is 0.971 bits per heavy atom. The van der Waals surface area contributed by atoms with Gasteiger partial charge < -0.3 is 19.1 Å². The predicted molar refractivity (Wildman–Crippen MR) is 140 cm³/mol. The van der Waals surface area contributed by atoms with E-state index in [2.05, 4.69) is 13.8 Å². The van der Waals surface area contributed by atoms with Crippen LogP contribution in [-0.2, 0) is 17.8 Å². The number of hydrogen-bond acceptors (Lipinski definition) is 5. The average molecular weight is 491 g/mol. The number of benzene rings is 2. The Morgan fingerprint density at radius 2 is 1.57 bits per heavy atom. The van der Waals surface area contributed by atoms with E-state index >= 15 is 0 Å². The number of thiazole rings is 1. The number of carbonyl (C=O) groups is 1. The molecule has 0 atom stereocenters. The van der Waals surface area contributed by atoms with E-state index in [0.717, 1.165) is 62.3 Å². The highest BCUT2D eigenvalue weighted by Gasteiger charge is 2.22. The molecule has 0 fully saturated rings. The van der Waals surface area contributed by atoms with Crippen LogP contribution in [0, 0.1) is 5.92 Å². The molecule has 0 spiro atoms. The first kappa shape index (κ1) is 24.5. The van der Waals surface area contributed by atoms with Crippen molar-refractivity contribution in [1.82, 2.24) is 9.55 Å². The summed E-state index contributed by atoms with van der Waals surface area (Å²) in [5.74, 6) is 1.24. The number of ether oxygens (including phenoxy) is 2. The molecule has 6 nitrogen and oxygen atoms in total. The lowest BCUT2D eigenvalue weighted by Crippen LogP contribution is -2.09. The molecule has 0 saturated heterocycles. The Bertz CT molecular complexity index is 1220. The smallest absolute Gasteiger partial charge is 0.323 e. The quantitative estimate of drug-likeness (QED) is 0.270. The number of aliphatic carboxylic acids is 1. The molecule has 35 heavy (non-hydrogen) atoms. The van der Waals surface area contributed by atoms with Gasteiger partial charge in [-0.15, -0.1) is 11.3 Å². The molecule has 7 heteroatoms. The topological polar surface area (TPSA) is 73.6 Å². The van der Waals surface area contributed by atoms with Crippen molar-refractivity contribution in [3.63, 3.8) is 0 Å². The van der Waals surface area contributed by atoms with E-state index in [9.17, 15) is 9.90 Å². The summed E-state index contributed by atoms with van der Waals surface area (Å²) in [4.78, 5) is 17.7. The molecular weight excluding hydrogens is 460 g/mol. The number of aromatic nitrogens is 2. The van der Waals surface area contributed by atoms with Gasteiger partial charge in [0.1, 0.15) is 23.1 Å². The van der Waals surface area contributed by atoms with Crippen molar-refractivity contribution in [3.05, 3.63) is 66.4 Å². The van der Waals surface area contributed by atoms with Gasteiger partial charge in [0.25, 0.3) is 0 Å². The number of nitrogens with zero attached hydrogens (tertiary/aromatic N) is 2. The summed E-state index contributed by atoms with van der Waals surface area (Å²) in [6.07, 6.45) is 3.75. The Balaban J connectivity index is 1.87. The van der Waals surface area contributed by atoms with Gasteiger partial charge in [0.2, 0.25) is 0 Å². The Labute approximate surface area is 209 Å². The first-order valence-electron chi connectivity index (χ1n) is 11.6. The lowest BCUT2D eigenvalue weighted by atomic mass is 10.0. The van der Waals surface area contributed by atoms with Gasteiger partial charge in [-0.2, -0.15) is 0 Å². The van der Waals surface area contributed by atoms with Gasteiger partial charge in [-0.25, -0.2) is 4.98 Å². The maximum Gasteiger partial charge on any atom is 0.323 e. The summed E-state index contributed by atoms with van der Waals surface area (Å²) in [5, 5.41) is 10.3. The normalized spacial score (nSPS) is 11.1. The van der Waals surface area contributed by atoms with Gasteiger partial charge in [-0.05, 0) is 84.5 Å². The SMILES string of the molecule is COc1ccc(-c2nc(-c3c(CCC(C)C)ccn3CC(=O)O)sc2-c2ccc(OC)cc2)cc1. The number of carboxylic acid groups (broad SMARTS) is 1. The summed E-state index contributed by atoms with van der Waals surface area (Å²) < 4.78 is 12.5. The highest BCUT2D eigenvalue weighted by molar-refractivity contribution is 7.19. The fourth-order valence-electron chi connectivity index (χ4n) is 4.01. The Hall–Kier alpha value is -3.58. The van der Waals surface area contributed by atoms with Gasteiger partial charge in [-0.1, -0.05) is 13.8 Å². The van der Waals surface area contributed by atoms with Crippen molar-refractivity contribution in [3.8, 4) is 43.9 Å². The molecule has 0 aliphatic rings. The number of methoxy groups -OCH3 is 2. The number of carboxylic acids is 1. The third-order valence-electron chi connectivity index (χ3n) is 5.89. The van der Waals surface area contributed by atoms with Crippen molar-refractivity contribution in [2.45, 2.75) is 33.2 Å². The third kappa shape index (κ3) is 5.57. The van der Waals surface area contributed by atoms with Gasteiger partial charge in [0.05, 0.1) is 30.5 Å². The summed E-state index contributed by atoms with van der Waals surface area (Å²) in [6.45, 7) is 4.29. The minimum atomic E-state index is -0.875. The molecule has 2 aromatic carbocycles. The van der Waals surface area contributed by atoms with Crippen molar-refractivity contribution in [2.24, 2.45) is 5.92 Å². The fraction of sp³-hybridized carbons (Fsp3) is 0.286. The van der Waals surface area contributed by atoms with Gasteiger partial charge in [0.15, 0.2) is 0 Å². The van der Waals surface area contributed by atoms with Crippen molar-refractivity contribution in [2.75, 3.05) is 14.2 Å². The standard InChI is InChI=1S/C28H30N2O4S/c1-18(2)5-6-20-15-16-30(17-24(31)32)26(20)28-29-25(19-7-11-22(33-3)12-8-19)27(35-28)21-9-13-23(34-4)14-10-21/h7-16,18H,5-6,17H2,1-4H3,(H,31,32). The lowest BCUT2D eigenvalue weighted by Gasteiger charge is -2.09. The zero-order chi connectivity index (χ0) is 24.9. The van der Waals surface area contributed by atoms with Crippen LogP contribution in [0.1, 0.15) is 25.8 Å². The van der Waals surface area contributed by atoms with E-state index in [1.54, 1.807) is 30.1 Å². The van der Waals surface area contributed by atoms with Crippen LogP contribution in [0.4, 0.5) is 0 Å².